The van der Waals surface area contributed by atoms with E-state index in [0.29, 0.717) is 52.8 Å². The lowest BCUT2D eigenvalue weighted by Crippen LogP contribution is -2.28. The summed E-state index contributed by atoms with van der Waals surface area (Å²) < 4.78 is 1.73. The lowest BCUT2D eigenvalue weighted by molar-refractivity contribution is 0.0694. The molecular formula is C31H28N8O4S. The van der Waals surface area contributed by atoms with Gasteiger partial charge < -0.3 is 19.9 Å². The summed E-state index contributed by atoms with van der Waals surface area (Å²) in [5.74, 6) is -1.00. The zero-order chi connectivity index (χ0) is 30.8. The van der Waals surface area contributed by atoms with Gasteiger partial charge in [-0.1, -0.05) is 30.3 Å². The minimum Gasteiger partial charge on any atom is -0.477 e. The molecule has 0 radical (unpaired) electrons. The second kappa shape index (κ2) is 12.1. The molecule has 5 aromatic rings. The number of hydrogen-bond donors (Lipinski definition) is 3. The number of carbonyl (C=O) groups is 2. The van der Waals surface area contributed by atoms with Crippen molar-refractivity contribution in [1.29, 1.82) is 0 Å². The molecule has 1 aliphatic heterocycles. The van der Waals surface area contributed by atoms with Crippen LogP contribution in [0.2, 0.25) is 0 Å². The predicted octanol–water partition coefficient (Wildman–Crippen LogP) is 4.43. The first-order valence-corrected chi connectivity index (χ1v) is 14.7. The number of benzene rings is 1. The van der Waals surface area contributed by atoms with Crippen molar-refractivity contribution in [2.45, 2.75) is 19.5 Å². The molecule has 12 nitrogen and oxygen atoms in total. The van der Waals surface area contributed by atoms with Crippen LogP contribution in [0, 0.1) is 0 Å². The first-order valence-electron chi connectivity index (χ1n) is 13.9. The number of nitrogens with zero attached hydrogens (tertiary/aromatic N) is 6. The number of aromatic nitrogens is 4. The van der Waals surface area contributed by atoms with E-state index in [1.54, 1.807) is 35.4 Å². The Balaban J connectivity index is 1.48. The van der Waals surface area contributed by atoms with Crippen molar-refractivity contribution in [1.82, 2.24) is 29.7 Å². The molecule has 3 N–H and O–H groups in total. The monoisotopic (exact) mass is 608 g/mol. The van der Waals surface area contributed by atoms with E-state index in [-0.39, 0.29) is 17.0 Å². The van der Waals surface area contributed by atoms with Crippen molar-refractivity contribution in [3.05, 3.63) is 82.2 Å². The molecule has 0 spiro atoms. The Labute approximate surface area is 255 Å². The minimum absolute atomic E-state index is 0.100. The number of pyridine rings is 3. The molecule has 1 unspecified atom stereocenters. The Morgan fingerprint density at radius 2 is 1.91 bits per heavy atom. The van der Waals surface area contributed by atoms with Gasteiger partial charge in [0.1, 0.15) is 16.4 Å². The third-order valence-electron chi connectivity index (χ3n) is 7.14. The molecule has 1 aliphatic rings. The maximum absolute atomic E-state index is 13.4. The maximum atomic E-state index is 13.4. The van der Waals surface area contributed by atoms with Gasteiger partial charge in [0.05, 0.1) is 40.9 Å². The van der Waals surface area contributed by atoms with Crippen LogP contribution in [0.3, 0.4) is 0 Å². The molecule has 6 rings (SSSR count). The van der Waals surface area contributed by atoms with Gasteiger partial charge in [0.2, 0.25) is 5.43 Å². The van der Waals surface area contributed by atoms with Crippen molar-refractivity contribution < 1.29 is 14.7 Å². The Morgan fingerprint density at radius 3 is 2.64 bits per heavy atom. The molecule has 0 aliphatic carbocycles. The lowest BCUT2D eigenvalue weighted by Gasteiger charge is -2.17. The van der Waals surface area contributed by atoms with Crippen molar-refractivity contribution >= 4 is 46.4 Å². The Hall–Kier alpha value is -5.43. The van der Waals surface area contributed by atoms with Crippen LogP contribution in [-0.4, -0.2) is 74.0 Å². The smallest absolute Gasteiger partial charge is 0.341 e. The van der Waals surface area contributed by atoms with Crippen LogP contribution in [-0.2, 0) is 6.54 Å². The molecule has 0 bridgehead atoms. The number of nitrogens with one attached hydrogen (secondary N) is 2. The molecule has 5 heterocycles. The van der Waals surface area contributed by atoms with Crippen LogP contribution in [0.25, 0.3) is 44.0 Å². The van der Waals surface area contributed by atoms with Crippen LogP contribution in [0.1, 0.15) is 17.3 Å². The van der Waals surface area contributed by atoms with Gasteiger partial charge in [-0.3, -0.25) is 20.1 Å². The van der Waals surface area contributed by atoms with Gasteiger partial charge in [-0.25, -0.2) is 19.6 Å². The topological polar surface area (TPSA) is 155 Å². The number of carboxylic acids is 1. The number of amides is 2. The summed E-state index contributed by atoms with van der Waals surface area (Å²) >= 11 is 1.42. The number of fused-ring (bicyclic) bond motifs is 1. The third-order valence-corrected chi connectivity index (χ3v) is 8.02. The number of likely N-dealkylation sites (N-methyl/N-ethyl adjacent to an activating group) is 1. The number of anilines is 1. The number of thiazole rings is 1. The first kappa shape index (κ1) is 28.7. The standard InChI is InChI=1S/C31H28N8O4S/c1-3-32-31(43)37-27-10-20(29-36-25(16-44-29)18-7-5-4-6-8-18)22(11-34-27)24-9-21-26(12-33-24)39(14-19-13-38(2)17-35-19)15-23(28(21)40)30(41)42/h4-12,15-17,19H,3,13-14H2,1-2H3,(H,41,42)(H2,32,34,37,43). The van der Waals surface area contributed by atoms with Gasteiger partial charge in [-0.15, -0.1) is 11.3 Å². The second-order valence-corrected chi connectivity index (χ2v) is 11.1. The van der Waals surface area contributed by atoms with Crippen LogP contribution in [0.15, 0.2) is 76.2 Å². The van der Waals surface area contributed by atoms with Gasteiger partial charge in [-0.2, -0.15) is 0 Å². The van der Waals surface area contributed by atoms with Crippen molar-refractivity contribution in [3.63, 3.8) is 0 Å². The van der Waals surface area contributed by atoms with E-state index in [1.165, 1.54) is 17.5 Å². The zero-order valence-corrected chi connectivity index (χ0v) is 24.7. The van der Waals surface area contributed by atoms with Gasteiger partial charge in [0.25, 0.3) is 0 Å². The van der Waals surface area contributed by atoms with E-state index in [0.717, 1.165) is 11.3 Å². The highest BCUT2D eigenvalue weighted by atomic mass is 32.1. The second-order valence-electron chi connectivity index (χ2n) is 10.3. The number of urea groups is 1. The Morgan fingerprint density at radius 1 is 1.09 bits per heavy atom. The highest BCUT2D eigenvalue weighted by Gasteiger charge is 2.22. The number of rotatable bonds is 8. The summed E-state index contributed by atoms with van der Waals surface area (Å²) in [4.78, 5) is 58.2. The van der Waals surface area contributed by atoms with E-state index < -0.39 is 17.4 Å². The fourth-order valence-corrected chi connectivity index (χ4v) is 5.93. The number of hydrogen-bond acceptors (Lipinski definition) is 9. The van der Waals surface area contributed by atoms with Gasteiger partial charge in [0.15, 0.2) is 0 Å². The molecule has 0 saturated carbocycles. The number of aliphatic imine (C=N–C) groups is 1. The van der Waals surface area contributed by atoms with Crippen molar-refractivity contribution in [2.24, 2.45) is 4.99 Å². The summed E-state index contributed by atoms with van der Waals surface area (Å²) in [6.45, 7) is 3.32. The highest BCUT2D eigenvalue weighted by Crippen LogP contribution is 2.36. The van der Waals surface area contributed by atoms with Gasteiger partial charge in [-0.05, 0) is 19.1 Å². The summed E-state index contributed by atoms with van der Waals surface area (Å²) in [6, 6.07) is 12.6. The largest absolute Gasteiger partial charge is 0.477 e. The Kier molecular flexibility index (Phi) is 7.85. The third kappa shape index (κ3) is 5.77. The lowest BCUT2D eigenvalue weighted by atomic mass is 10.0. The average molecular weight is 609 g/mol. The van der Waals surface area contributed by atoms with E-state index in [2.05, 4.69) is 20.6 Å². The zero-order valence-electron chi connectivity index (χ0n) is 23.9. The van der Waals surface area contributed by atoms with E-state index in [4.69, 9.17) is 9.97 Å². The quantitative estimate of drug-likeness (QED) is 0.234. The van der Waals surface area contributed by atoms with E-state index >= 15 is 0 Å². The average Bonchev–Trinajstić information content (AvgIpc) is 3.68. The summed E-state index contributed by atoms with van der Waals surface area (Å²) in [7, 11) is 1.91. The number of aromatic carboxylic acids is 1. The molecule has 1 atom stereocenters. The maximum Gasteiger partial charge on any atom is 0.341 e. The fraction of sp³-hybridized carbons (Fsp3) is 0.194. The number of carboxylic acid groups (broad SMARTS) is 1. The van der Waals surface area contributed by atoms with Crippen LogP contribution in [0.5, 0.6) is 0 Å². The Bertz CT molecular complexity index is 1970. The van der Waals surface area contributed by atoms with Crippen molar-refractivity contribution in [2.75, 3.05) is 25.5 Å². The van der Waals surface area contributed by atoms with E-state index in [1.807, 2.05) is 54.6 Å². The molecule has 0 saturated heterocycles. The van der Waals surface area contributed by atoms with Gasteiger partial charge in [0, 0.05) is 61.1 Å². The molecule has 0 fully saturated rings. The molecule has 1 aromatic carbocycles. The molecule has 13 heteroatoms. The molecule has 4 aromatic heterocycles. The molecule has 2 amide bonds. The minimum atomic E-state index is -1.31. The molecular weight excluding hydrogens is 580 g/mol. The van der Waals surface area contributed by atoms with Gasteiger partial charge >= 0.3 is 12.0 Å². The highest BCUT2D eigenvalue weighted by molar-refractivity contribution is 7.13. The van der Waals surface area contributed by atoms with Crippen LogP contribution in [0.4, 0.5) is 10.6 Å². The summed E-state index contributed by atoms with van der Waals surface area (Å²) in [5.41, 5.74) is 2.91. The normalized spacial score (nSPS) is 14.2. The summed E-state index contributed by atoms with van der Waals surface area (Å²) in [5, 5.41) is 18.1. The predicted molar refractivity (Wildman–Crippen MR) is 170 cm³/mol. The van der Waals surface area contributed by atoms with Crippen LogP contribution < -0.4 is 16.1 Å². The first-order chi connectivity index (χ1) is 21.3. The van der Waals surface area contributed by atoms with Crippen LogP contribution >= 0.6 is 11.3 Å². The summed E-state index contributed by atoms with van der Waals surface area (Å²) in [6.07, 6.45) is 6.24. The number of carbonyl (C=O) groups excluding carboxylic acids is 1. The van der Waals surface area contributed by atoms with E-state index in [9.17, 15) is 19.5 Å². The molecule has 44 heavy (non-hydrogen) atoms. The fourth-order valence-electron chi connectivity index (χ4n) is 5.07. The van der Waals surface area contributed by atoms with Crippen molar-refractivity contribution in [3.8, 4) is 33.1 Å². The molecule has 222 valence electrons. The SMILES string of the molecule is CCNC(=O)Nc1cc(-c2nc(-c3ccccc3)cs2)c(-c2cc3c(=O)c(C(=O)O)cn(CC4CN(C)C=N4)c3cn2)cn1.